The van der Waals surface area contributed by atoms with Crippen LogP contribution < -0.4 is 5.73 Å². The second-order valence-electron chi connectivity index (χ2n) is 4.94. The maximum absolute atomic E-state index is 5.87. The van der Waals surface area contributed by atoms with Crippen molar-refractivity contribution in [3.8, 4) is 0 Å². The van der Waals surface area contributed by atoms with Crippen LogP contribution >= 0.6 is 0 Å². The van der Waals surface area contributed by atoms with Crippen LogP contribution in [0.5, 0.6) is 0 Å². The zero-order chi connectivity index (χ0) is 12.2. The molecule has 2 nitrogen and oxygen atoms in total. The molecule has 16 heavy (non-hydrogen) atoms. The molecular formula is C14H24N2. The summed E-state index contributed by atoms with van der Waals surface area (Å²) in [6, 6.07) is 8.86. The predicted molar refractivity (Wildman–Crippen MR) is 70.7 cm³/mol. The van der Waals surface area contributed by atoms with Crippen LogP contribution in [0.4, 0.5) is 0 Å². The summed E-state index contributed by atoms with van der Waals surface area (Å²) >= 11 is 0. The summed E-state index contributed by atoms with van der Waals surface area (Å²) in [4.78, 5) is 2.21. The summed E-state index contributed by atoms with van der Waals surface area (Å²) in [6.07, 6.45) is 2.10. The van der Waals surface area contributed by atoms with Crippen LogP contribution in [0.25, 0.3) is 0 Å². The topological polar surface area (TPSA) is 29.3 Å². The molecule has 0 saturated heterocycles. The van der Waals surface area contributed by atoms with Gasteiger partial charge in [-0.2, -0.15) is 0 Å². The Balaban J connectivity index is 2.78. The molecule has 1 aromatic rings. The Kier molecular flexibility index (Phi) is 4.51. The average molecular weight is 220 g/mol. The summed E-state index contributed by atoms with van der Waals surface area (Å²) in [5.41, 5.74) is 8.67. The smallest absolute Gasteiger partial charge is 0.0337 e. The van der Waals surface area contributed by atoms with Gasteiger partial charge in [-0.15, -0.1) is 0 Å². The highest BCUT2D eigenvalue weighted by Crippen LogP contribution is 2.17. The lowest BCUT2D eigenvalue weighted by atomic mass is 9.91. The molecule has 0 amide bonds. The first kappa shape index (κ1) is 13.2. The van der Waals surface area contributed by atoms with Crippen molar-refractivity contribution < 1.29 is 0 Å². The summed E-state index contributed by atoms with van der Waals surface area (Å²) in [6.45, 7) is 5.06. The van der Waals surface area contributed by atoms with Gasteiger partial charge >= 0.3 is 0 Å². The molecule has 0 spiro atoms. The van der Waals surface area contributed by atoms with E-state index in [-0.39, 0.29) is 5.54 Å². The maximum Gasteiger partial charge on any atom is 0.0337 e. The fourth-order valence-electron chi connectivity index (χ4n) is 1.75. The largest absolute Gasteiger partial charge is 0.329 e. The number of nitrogens with zero attached hydrogens (tertiary/aromatic N) is 1. The monoisotopic (exact) mass is 220 g/mol. The van der Waals surface area contributed by atoms with Gasteiger partial charge in [-0.3, -0.25) is 0 Å². The van der Waals surface area contributed by atoms with Crippen molar-refractivity contribution in [2.45, 2.75) is 32.2 Å². The summed E-state index contributed by atoms with van der Waals surface area (Å²) in [7, 11) is 4.18. The minimum absolute atomic E-state index is 0.0493. The number of hydrogen-bond acceptors (Lipinski definition) is 2. The molecule has 0 saturated carbocycles. The lowest BCUT2D eigenvalue weighted by Crippen LogP contribution is -2.49. The fraction of sp³-hybridized carbons (Fsp3) is 0.571. The van der Waals surface area contributed by atoms with E-state index in [1.54, 1.807) is 0 Å². The van der Waals surface area contributed by atoms with Crippen LogP contribution in [0.15, 0.2) is 24.3 Å². The van der Waals surface area contributed by atoms with Gasteiger partial charge in [-0.05, 0) is 45.0 Å². The van der Waals surface area contributed by atoms with Gasteiger partial charge in [0.2, 0.25) is 0 Å². The highest BCUT2D eigenvalue weighted by Gasteiger charge is 2.25. The molecule has 1 atom stereocenters. The van der Waals surface area contributed by atoms with Gasteiger partial charge in [0.25, 0.3) is 0 Å². The molecule has 0 aromatic heterocycles. The second kappa shape index (κ2) is 5.46. The van der Waals surface area contributed by atoms with Crippen LogP contribution in [-0.2, 0) is 12.8 Å². The molecule has 1 unspecified atom stereocenters. The third-order valence-corrected chi connectivity index (χ3v) is 3.54. The quantitative estimate of drug-likeness (QED) is 0.823. The van der Waals surface area contributed by atoms with Crippen LogP contribution in [0.3, 0.4) is 0 Å². The first-order valence-electron chi connectivity index (χ1n) is 5.97. The van der Waals surface area contributed by atoms with E-state index >= 15 is 0 Å². The first-order valence-corrected chi connectivity index (χ1v) is 5.97. The van der Waals surface area contributed by atoms with Gasteiger partial charge in [0.1, 0.15) is 0 Å². The molecule has 2 heteroatoms. The van der Waals surface area contributed by atoms with Gasteiger partial charge in [0.15, 0.2) is 0 Å². The lowest BCUT2D eigenvalue weighted by molar-refractivity contribution is 0.181. The zero-order valence-corrected chi connectivity index (χ0v) is 11.0. The Labute approximate surface area is 99.5 Å². The van der Waals surface area contributed by atoms with E-state index in [0.29, 0.717) is 6.54 Å². The molecule has 0 heterocycles. The van der Waals surface area contributed by atoms with E-state index in [1.165, 1.54) is 11.1 Å². The third-order valence-electron chi connectivity index (χ3n) is 3.54. The van der Waals surface area contributed by atoms with Crippen molar-refractivity contribution in [3.63, 3.8) is 0 Å². The lowest BCUT2D eigenvalue weighted by Gasteiger charge is -2.35. The Morgan fingerprint density at radius 3 is 2.00 bits per heavy atom. The molecule has 0 fully saturated rings. The number of benzene rings is 1. The van der Waals surface area contributed by atoms with Crippen molar-refractivity contribution in [1.82, 2.24) is 4.90 Å². The molecule has 0 aliphatic carbocycles. The highest BCUT2D eigenvalue weighted by molar-refractivity contribution is 5.24. The minimum atomic E-state index is 0.0493. The molecule has 0 bridgehead atoms. The SMILES string of the molecule is CCc1ccc(CC(C)(CN)N(C)C)cc1. The molecule has 0 aliphatic heterocycles. The molecular weight excluding hydrogens is 196 g/mol. The summed E-state index contributed by atoms with van der Waals surface area (Å²) < 4.78 is 0. The fourth-order valence-corrected chi connectivity index (χ4v) is 1.75. The van der Waals surface area contributed by atoms with E-state index in [0.717, 1.165) is 12.8 Å². The molecule has 90 valence electrons. The first-order chi connectivity index (χ1) is 7.51. The Morgan fingerprint density at radius 2 is 1.62 bits per heavy atom. The minimum Gasteiger partial charge on any atom is -0.329 e. The summed E-state index contributed by atoms with van der Waals surface area (Å²) in [5.74, 6) is 0. The van der Waals surface area contributed by atoms with Crippen molar-refractivity contribution in [2.75, 3.05) is 20.6 Å². The van der Waals surface area contributed by atoms with E-state index in [4.69, 9.17) is 5.73 Å². The molecule has 0 radical (unpaired) electrons. The zero-order valence-electron chi connectivity index (χ0n) is 11.0. The van der Waals surface area contributed by atoms with Crippen molar-refractivity contribution in [1.29, 1.82) is 0 Å². The van der Waals surface area contributed by atoms with Gasteiger partial charge in [-0.25, -0.2) is 0 Å². The van der Waals surface area contributed by atoms with Crippen LogP contribution in [0, 0.1) is 0 Å². The molecule has 1 rings (SSSR count). The molecule has 0 aliphatic rings. The van der Waals surface area contributed by atoms with E-state index in [1.807, 2.05) is 0 Å². The van der Waals surface area contributed by atoms with Crippen molar-refractivity contribution in [2.24, 2.45) is 5.73 Å². The highest BCUT2D eigenvalue weighted by atomic mass is 15.1. The van der Waals surface area contributed by atoms with Gasteiger partial charge in [0.05, 0.1) is 0 Å². The number of nitrogens with two attached hydrogens (primary N) is 1. The molecule has 2 N–H and O–H groups in total. The van der Waals surface area contributed by atoms with Crippen LogP contribution in [0.1, 0.15) is 25.0 Å². The standard InChI is InChI=1S/C14H24N2/c1-5-12-6-8-13(9-7-12)10-14(2,11-15)16(3)4/h6-9H,5,10-11,15H2,1-4H3. The number of rotatable bonds is 5. The van der Waals surface area contributed by atoms with Crippen molar-refractivity contribution >= 4 is 0 Å². The van der Waals surface area contributed by atoms with Gasteiger partial charge in [-0.1, -0.05) is 31.2 Å². The normalized spacial score (nSPS) is 15.1. The second-order valence-corrected chi connectivity index (χ2v) is 4.94. The van der Waals surface area contributed by atoms with Gasteiger partial charge in [0, 0.05) is 12.1 Å². The van der Waals surface area contributed by atoms with Crippen LogP contribution in [0.2, 0.25) is 0 Å². The Hall–Kier alpha value is -0.860. The Morgan fingerprint density at radius 1 is 1.12 bits per heavy atom. The predicted octanol–water partition coefficient (Wildman–Crippen LogP) is 2.07. The molecule has 1 aromatic carbocycles. The summed E-state index contributed by atoms with van der Waals surface area (Å²) in [5, 5.41) is 0. The number of likely N-dealkylation sites (N-methyl/N-ethyl adjacent to an activating group) is 1. The third kappa shape index (κ3) is 3.06. The van der Waals surface area contributed by atoms with Crippen LogP contribution in [-0.4, -0.2) is 31.1 Å². The van der Waals surface area contributed by atoms with E-state index in [2.05, 4.69) is 57.1 Å². The van der Waals surface area contributed by atoms with Crippen molar-refractivity contribution in [3.05, 3.63) is 35.4 Å². The Bertz CT molecular complexity index is 316. The number of aryl methyl sites for hydroxylation is 1. The van der Waals surface area contributed by atoms with Gasteiger partial charge < -0.3 is 10.6 Å². The van der Waals surface area contributed by atoms with E-state index < -0.39 is 0 Å². The maximum atomic E-state index is 5.87. The average Bonchev–Trinajstić information content (AvgIpc) is 2.29. The van der Waals surface area contributed by atoms with E-state index in [9.17, 15) is 0 Å². The number of hydrogen-bond donors (Lipinski definition) is 1.